The van der Waals surface area contributed by atoms with Crippen molar-refractivity contribution in [2.24, 2.45) is 5.73 Å². The number of hydrogen-bond acceptors (Lipinski definition) is 2. The molecule has 0 amide bonds. The molecule has 3 nitrogen and oxygen atoms in total. The zero-order valence-electron chi connectivity index (χ0n) is 8.21. The maximum absolute atomic E-state index is 5.99. The Hall–Kier alpha value is -0.960. The Labute approximate surface area is 78.5 Å². The summed E-state index contributed by atoms with van der Waals surface area (Å²) in [5.74, 6) is 0.992. The van der Waals surface area contributed by atoms with Crippen molar-refractivity contribution in [3.8, 4) is 5.88 Å². The number of rotatable bonds is 2. The van der Waals surface area contributed by atoms with Crippen LogP contribution in [-0.2, 0) is 6.54 Å². The van der Waals surface area contributed by atoms with Crippen molar-refractivity contribution in [2.75, 3.05) is 6.61 Å². The van der Waals surface area contributed by atoms with Crippen molar-refractivity contribution in [2.45, 2.75) is 32.9 Å². The van der Waals surface area contributed by atoms with Crippen molar-refractivity contribution in [1.82, 2.24) is 4.57 Å². The minimum absolute atomic E-state index is 0.119. The molecule has 0 bridgehead atoms. The Kier molecular flexibility index (Phi) is 2.04. The van der Waals surface area contributed by atoms with E-state index in [0.717, 1.165) is 31.0 Å². The molecule has 0 spiro atoms. The molecule has 0 fully saturated rings. The molecule has 2 heterocycles. The normalized spacial score (nSPS) is 16.8. The van der Waals surface area contributed by atoms with E-state index in [0.29, 0.717) is 0 Å². The van der Waals surface area contributed by atoms with Gasteiger partial charge in [-0.3, -0.25) is 0 Å². The lowest BCUT2D eigenvalue weighted by molar-refractivity contribution is 0.351. The summed E-state index contributed by atoms with van der Waals surface area (Å²) in [6.07, 6.45) is 0.958. The van der Waals surface area contributed by atoms with E-state index in [9.17, 15) is 0 Å². The zero-order chi connectivity index (χ0) is 9.42. The van der Waals surface area contributed by atoms with Gasteiger partial charge >= 0.3 is 0 Å². The van der Waals surface area contributed by atoms with Crippen LogP contribution in [-0.4, -0.2) is 11.2 Å². The standard InChI is InChI=1S/C10H16N2O/c1-3-9(11)8-6-7(2)12-4-5-13-10(8)12/h6,9H,3-5,11H2,1-2H3. The molecule has 0 saturated heterocycles. The second kappa shape index (κ2) is 3.07. The summed E-state index contributed by atoms with van der Waals surface area (Å²) in [6.45, 7) is 5.96. The van der Waals surface area contributed by atoms with Gasteiger partial charge in [0.25, 0.3) is 0 Å². The third-order valence-electron chi connectivity index (χ3n) is 2.68. The van der Waals surface area contributed by atoms with E-state index in [1.165, 1.54) is 5.69 Å². The van der Waals surface area contributed by atoms with Gasteiger partial charge in [0.15, 0.2) is 5.88 Å². The lowest BCUT2D eigenvalue weighted by Crippen LogP contribution is -2.08. The molecule has 13 heavy (non-hydrogen) atoms. The topological polar surface area (TPSA) is 40.2 Å². The molecule has 0 aromatic carbocycles. The molecule has 1 unspecified atom stereocenters. The number of aromatic nitrogens is 1. The van der Waals surface area contributed by atoms with E-state index in [2.05, 4.69) is 24.5 Å². The van der Waals surface area contributed by atoms with Crippen molar-refractivity contribution in [1.29, 1.82) is 0 Å². The quantitative estimate of drug-likeness (QED) is 0.751. The van der Waals surface area contributed by atoms with Gasteiger partial charge in [-0.05, 0) is 19.4 Å². The van der Waals surface area contributed by atoms with Gasteiger partial charge in [-0.15, -0.1) is 0 Å². The summed E-state index contributed by atoms with van der Waals surface area (Å²) in [5, 5.41) is 0. The van der Waals surface area contributed by atoms with E-state index < -0.39 is 0 Å². The van der Waals surface area contributed by atoms with Gasteiger partial charge in [-0.1, -0.05) is 6.92 Å². The highest BCUT2D eigenvalue weighted by molar-refractivity contribution is 5.36. The molecule has 1 aliphatic rings. The van der Waals surface area contributed by atoms with Crippen LogP contribution in [0.5, 0.6) is 5.88 Å². The highest BCUT2D eigenvalue weighted by Crippen LogP contribution is 2.32. The van der Waals surface area contributed by atoms with Gasteiger partial charge in [-0.2, -0.15) is 0 Å². The molecule has 0 saturated carbocycles. The highest BCUT2D eigenvalue weighted by Gasteiger charge is 2.21. The maximum Gasteiger partial charge on any atom is 0.198 e. The monoisotopic (exact) mass is 180 g/mol. The molecular weight excluding hydrogens is 164 g/mol. The molecule has 1 aliphatic heterocycles. The Balaban J connectivity index is 2.42. The number of aryl methyl sites for hydroxylation is 1. The minimum atomic E-state index is 0.119. The molecule has 72 valence electrons. The summed E-state index contributed by atoms with van der Waals surface area (Å²) < 4.78 is 7.76. The zero-order valence-corrected chi connectivity index (χ0v) is 8.21. The molecule has 1 aromatic heterocycles. The van der Waals surface area contributed by atoms with Crippen LogP contribution in [0.15, 0.2) is 6.07 Å². The molecule has 1 aromatic rings. The van der Waals surface area contributed by atoms with E-state index in [1.807, 2.05) is 0 Å². The van der Waals surface area contributed by atoms with Crippen LogP contribution in [0.3, 0.4) is 0 Å². The second-order valence-electron chi connectivity index (χ2n) is 3.56. The number of nitrogens with two attached hydrogens (primary N) is 1. The summed E-state index contributed by atoms with van der Waals surface area (Å²) in [6, 6.07) is 2.26. The van der Waals surface area contributed by atoms with E-state index in [4.69, 9.17) is 10.5 Å². The van der Waals surface area contributed by atoms with Gasteiger partial charge < -0.3 is 15.0 Å². The first-order valence-corrected chi connectivity index (χ1v) is 4.82. The van der Waals surface area contributed by atoms with Gasteiger partial charge in [0.05, 0.1) is 6.54 Å². The van der Waals surface area contributed by atoms with Crippen LogP contribution in [0, 0.1) is 6.92 Å². The van der Waals surface area contributed by atoms with E-state index >= 15 is 0 Å². The van der Waals surface area contributed by atoms with Gasteiger partial charge in [0.2, 0.25) is 0 Å². The summed E-state index contributed by atoms with van der Waals surface area (Å²) in [7, 11) is 0. The third kappa shape index (κ3) is 1.23. The van der Waals surface area contributed by atoms with Gasteiger partial charge in [0.1, 0.15) is 6.61 Å². The maximum atomic E-state index is 5.99. The number of ether oxygens (including phenoxy) is 1. The molecule has 0 aliphatic carbocycles. The first-order valence-electron chi connectivity index (χ1n) is 4.82. The predicted molar refractivity (Wildman–Crippen MR) is 51.9 cm³/mol. The second-order valence-corrected chi connectivity index (χ2v) is 3.56. The molecule has 2 rings (SSSR count). The largest absolute Gasteiger partial charge is 0.477 e. The summed E-state index contributed by atoms with van der Waals surface area (Å²) in [4.78, 5) is 0. The molecule has 0 radical (unpaired) electrons. The average Bonchev–Trinajstić information content (AvgIpc) is 2.68. The Morgan fingerprint density at radius 1 is 1.69 bits per heavy atom. The van der Waals surface area contributed by atoms with Crippen LogP contribution < -0.4 is 10.5 Å². The fourth-order valence-corrected chi connectivity index (χ4v) is 1.84. The highest BCUT2D eigenvalue weighted by atomic mass is 16.5. The predicted octanol–water partition coefficient (Wildman–Crippen LogP) is 1.60. The fourth-order valence-electron chi connectivity index (χ4n) is 1.84. The molecular formula is C10H16N2O. The molecule has 2 N–H and O–H groups in total. The van der Waals surface area contributed by atoms with Crippen molar-refractivity contribution < 1.29 is 4.74 Å². The number of fused-ring (bicyclic) bond motifs is 1. The van der Waals surface area contributed by atoms with Crippen LogP contribution in [0.25, 0.3) is 0 Å². The SMILES string of the molecule is CCC(N)c1cc(C)n2c1OCC2. The van der Waals surface area contributed by atoms with Crippen molar-refractivity contribution in [3.05, 3.63) is 17.3 Å². The van der Waals surface area contributed by atoms with Crippen LogP contribution in [0.1, 0.15) is 30.6 Å². The van der Waals surface area contributed by atoms with E-state index in [-0.39, 0.29) is 6.04 Å². The smallest absolute Gasteiger partial charge is 0.198 e. The van der Waals surface area contributed by atoms with Crippen LogP contribution in [0.2, 0.25) is 0 Å². The van der Waals surface area contributed by atoms with Crippen molar-refractivity contribution >= 4 is 0 Å². The lowest BCUT2D eigenvalue weighted by Gasteiger charge is -2.07. The lowest BCUT2D eigenvalue weighted by atomic mass is 10.1. The molecule has 3 heteroatoms. The first-order chi connectivity index (χ1) is 6.24. The van der Waals surface area contributed by atoms with Gasteiger partial charge in [-0.25, -0.2) is 0 Å². The van der Waals surface area contributed by atoms with Crippen LogP contribution in [0.4, 0.5) is 0 Å². The van der Waals surface area contributed by atoms with E-state index in [1.54, 1.807) is 0 Å². The fraction of sp³-hybridized carbons (Fsp3) is 0.600. The van der Waals surface area contributed by atoms with Gasteiger partial charge in [0, 0.05) is 17.3 Å². The number of nitrogens with zero attached hydrogens (tertiary/aromatic N) is 1. The Morgan fingerprint density at radius 2 is 2.46 bits per heavy atom. The molecule has 1 atom stereocenters. The Bertz CT molecular complexity index is 317. The average molecular weight is 180 g/mol. The third-order valence-corrected chi connectivity index (χ3v) is 2.68. The van der Waals surface area contributed by atoms with Crippen LogP contribution >= 0.6 is 0 Å². The summed E-state index contributed by atoms with van der Waals surface area (Å²) >= 11 is 0. The Morgan fingerprint density at radius 3 is 3.15 bits per heavy atom. The number of hydrogen-bond donors (Lipinski definition) is 1. The first kappa shape index (κ1) is 8.63. The van der Waals surface area contributed by atoms with Crippen molar-refractivity contribution in [3.63, 3.8) is 0 Å². The minimum Gasteiger partial charge on any atom is -0.477 e. The summed E-state index contributed by atoms with van der Waals surface area (Å²) in [5.41, 5.74) is 8.41.